The monoisotopic (exact) mass is 381 g/mol. The second-order valence-electron chi connectivity index (χ2n) is 7.27. The van der Waals surface area contributed by atoms with Gasteiger partial charge < -0.3 is 10.2 Å². The third-order valence-electron chi connectivity index (χ3n) is 5.78. The molecule has 0 unspecified atom stereocenters. The molecule has 0 atom stereocenters. The van der Waals surface area contributed by atoms with Gasteiger partial charge in [0.1, 0.15) is 0 Å². The van der Waals surface area contributed by atoms with Gasteiger partial charge in [-0.25, -0.2) is 0 Å². The van der Waals surface area contributed by atoms with Crippen LogP contribution >= 0.6 is 0 Å². The fourth-order valence-electron chi connectivity index (χ4n) is 4.12. The van der Waals surface area contributed by atoms with E-state index in [-0.39, 0.29) is 11.6 Å². The minimum atomic E-state index is -0.618. The molecule has 1 saturated carbocycles. The Hall–Kier alpha value is -2.89. The zero-order valence-electron chi connectivity index (χ0n) is 16.5. The van der Waals surface area contributed by atoms with E-state index in [1.165, 1.54) is 12.1 Å². The summed E-state index contributed by atoms with van der Waals surface area (Å²) in [5, 5.41) is 14.0. The first-order valence-corrected chi connectivity index (χ1v) is 9.91. The van der Waals surface area contributed by atoms with Gasteiger partial charge in [0.15, 0.2) is 0 Å². The molecule has 6 nitrogen and oxygen atoms in total. The standard InChI is InChI=1S/C22H27N3O3/c1-3-24(4-2)19-13-9-18(10-14-19)23-21(26)22(15-5-6-16-22)17-7-11-20(12-8-17)25(27)28/h7-14H,3-6,15-16H2,1-2H3,(H,23,26). The molecular formula is C22H27N3O3. The van der Waals surface area contributed by atoms with Crippen LogP contribution in [0.15, 0.2) is 48.5 Å². The maximum absolute atomic E-state index is 13.2. The van der Waals surface area contributed by atoms with Gasteiger partial charge in [-0.3, -0.25) is 14.9 Å². The number of carbonyl (C=O) groups excluding carboxylic acids is 1. The van der Waals surface area contributed by atoms with Gasteiger partial charge in [-0.15, -0.1) is 0 Å². The summed E-state index contributed by atoms with van der Waals surface area (Å²) in [6.45, 7) is 6.11. The Bertz CT molecular complexity index is 821. The molecule has 0 heterocycles. The van der Waals surface area contributed by atoms with E-state index in [1.54, 1.807) is 12.1 Å². The smallest absolute Gasteiger partial charge is 0.269 e. The average molecular weight is 381 g/mol. The van der Waals surface area contributed by atoms with E-state index in [9.17, 15) is 14.9 Å². The summed E-state index contributed by atoms with van der Waals surface area (Å²) in [7, 11) is 0. The van der Waals surface area contributed by atoms with Crippen LogP contribution in [0.1, 0.15) is 45.1 Å². The van der Waals surface area contributed by atoms with Gasteiger partial charge in [-0.05, 0) is 56.5 Å². The highest BCUT2D eigenvalue weighted by atomic mass is 16.6. The highest BCUT2D eigenvalue weighted by Gasteiger charge is 2.42. The summed E-state index contributed by atoms with van der Waals surface area (Å²) in [4.78, 5) is 26.0. The SMILES string of the molecule is CCN(CC)c1ccc(NC(=O)C2(c3ccc([N+](=O)[O-])cc3)CCCC2)cc1. The summed E-state index contributed by atoms with van der Waals surface area (Å²) in [6.07, 6.45) is 3.47. The number of anilines is 2. The van der Waals surface area contributed by atoms with Crippen LogP contribution in [-0.2, 0) is 10.2 Å². The molecule has 1 aliphatic carbocycles. The third kappa shape index (κ3) is 3.86. The number of hydrogen-bond acceptors (Lipinski definition) is 4. The van der Waals surface area contributed by atoms with Gasteiger partial charge in [0.2, 0.25) is 5.91 Å². The Morgan fingerprint density at radius 1 is 1.04 bits per heavy atom. The molecule has 1 fully saturated rings. The number of nitrogens with zero attached hydrogens (tertiary/aromatic N) is 2. The fraction of sp³-hybridized carbons (Fsp3) is 0.409. The Morgan fingerprint density at radius 3 is 2.11 bits per heavy atom. The van der Waals surface area contributed by atoms with Crippen LogP contribution in [-0.4, -0.2) is 23.9 Å². The summed E-state index contributed by atoms with van der Waals surface area (Å²) in [5.41, 5.74) is 2.19. The van der Waals surface area contributed by atoms with E-state index < -0.39 is 10.3 Å². The van der Waals surface area contributed by atoms with Crippen molar-refractivity contribution in [2.45, 2.75) is 44.9 Å². The lowest BCUT2D eigenvalue weighted by atomic mass is 9.78. The lowest BCUT2D eigenvalue weighted by Gasteiger charge is -2.28. The van der Waals surface area contributed by atoms with Crippen LogP contribution in [0, 0.1) is 10.1 Å². The van der Waals surface area contributed by atoms with Gasteiger partial charge in [0, 0.05) is 36.6 Å². The van der Waals surface area contributed by atoms with Crippen molar-refractivity contribution < 1.29 is 9.72 Å². The zero-order valence-corrected chi connectivity index (χ0v) is 16.5. The summed E-state index contributed by atoms with van der Waals surface area (Å²) in [5.74, 6) is -0.0329. The second kappa shape index (κ2) is 8.42. The molecule has 0 aromatic heterocycles. The average Bonchev–Trinajstić information content (AvgIpc) is 3.21. The number of nitrogens with one attached hydrogen (secondary N) is 1. The van der Waals surface area contributed by atoms with Crippen molar-refractivity contribution in [3.63, 3.8) is 0 Å². The fourth-order valence-corrected chi connectivity index (χ4v) is 4.12. The molecule has 0 radical (unpaired) electrons. The molecule has 28 heavy (non-hydrogen) atoms. The summed E-state index contributed by atoms with van der Waals surface area (Å²) >= 11 is 0. The van der Waals surface area contributed by atoms with Crippen LogP contribution < -0.4 is 10.2 Å². The first-order chi connectivity index (χ1) is 13.5. The molecule has 3 rings (SSSR count). The third-order valence-corrected chi connectivity index (χ3v) is 5.78. The van der Waals surface area contributed by atoms with E-state index in [2.05, 4.69) is 24.1 Å². The number of non-ortho nitro benzene ring substituents is 1. The molecule has 6 heteroatoms. The number of carbonyl (C=O) groups is 1. The number of rotatable bonds is 7. The Labute approximate surface area is 165 Å². The molecule has 1 amide bonds. The molecule has 2 aromatic carbocycles. The maximum Gasteiger partial charge on any atom is 0.269 e. The number of nitro groups is 1. The number of amides is 1. The van der Waals surface area contributed by atoms with Crippen LogP contribution in [0.4, 0.5) is 17.1 Å². The maximum atomic E-state index is 13.2. The van der Waals surface area contributed by atoms with Gasteiger partial charge in [-0.2, -0.15) is 0 Å². The normalized spacial score (nSPS) is 15.2. The second-order valence-corrected chi connectivity index (χ2v) is 7.27. The van der Waals surface area contributed by atoms with E-state index in [0.717, 1.165) is 55.7 Å². The van der Waals surface area contributed by atoms with Gasteiger partial charge in [0.25, 0.3) is 5.69 Å². The van der Waals surface area contributed by atoms with Gasteiger partial charge in [0.05, 0.1) is 10.3 Å². The quantitative estimate of drug-likeness (QED) is 0.547. The predicted octanol–water partition coefficient (Wildman–Crippen LogP) is 4.89. The van der Waals surface area contributed by atoms with Crippen LogP contribution in [0.2, 0.25) is 0 Å². The molecule has 1 aliphatic rings. The van der Waals surface area contributed by atoms with Gasteiger partial charge in [-0.1, -0.05) is 25.0 Å². The predicted molar refractivity (Wildman–Crippen MR) is 112 cm³/mol. The van der Waals surface area contributed by atoms with E-state index in [1.807, 2.05) is 24.3 Å². The minimum Gasteiger partial charge on any atom is -0.372 e. The van der Waals surface area contributed by atoms with Crippen LogP contribution in [0.3, 0.4) is 0 Å². The zero-order chi connectivity index (χ0) is 20.1. The van der Waals surface area contributed by atoms with Crippen molar-refractivity contribution in [3.8, 4) is 0 Å². The molecular weight excluding hydrogens is 354 g/mol. The van der Waals surface area contributed by atoms with Crippen molar-refractivity contribution in [2.24, 2.45) is 0 Å². The number of hydrogen-bond donors (Lipinski definition) is 1. The van der Waals surface area contributed by atoms with Crippen molar-refractivity contribution in [2.75, 3.05) is 23.3 Å². The number of nitro benzene ring substituents is 1. The molecule has 1 N–H and O–H groups in total. The van der Waals surface area contributed by atoms with Crippen molar-refractivity contribution in [1.29, 1.82) is 0 Å². The van der Waals surface area contributed by atoms with E-state index in [0.29, 0.717) is 0 Å². The molecule has 0 spiro atoms. The first-order valence-electron chi connectivity index (χ1n) is 9.91. The largest absolute Gasteiger partial charge is 0.372 e. The Kier molecular flexibility index (Phi) is 5.97. The van der Waals surface area contributed by atoms with Gasteiger partial charge >= 0.3 is 0 Å². The van der Waals surface area contributed by atoms with E-state index in [4.69, 9.17) is 0 Å². The topological polar surface area (TPSA) is 75.5 Å². The number of benzene rings is 2. The van der Waals surface area contributed by atoms with Crippen molar-refractivity contribution in [3.05, 3.63) is 64.2 Å². The Balaban J connectivity index is 1.81. The van der Waals surface area contributed by atoms with Crippen LogP contribution in [0.5, 0.6) is 0 Å². The highest BCUT2D eigenvalue weighted by molar-refractivity contribution is 5.99. The van der Waals surface area contributed by atoms with E-state index >= 15 is 0 Å². The molecule has 0 saturated heterocycles. The van der Waals surface area contributed by atoms with Crippen molar-refractivity contribution in [1.82, 2.24) is 0 Å². The molecule has 148 valence electrons. The molecule has 0 aliphatic heterocycles. The Morgan fingerprint density at radius 2 is 1.61 bits per heavy atom. The van der Waals surface area contributed by atoms with Crippen LogP contribution in [0.25, 0.3) is 0 Å². The van der Waals surface area contributed by atoms with Crippen molar-refractivity contribution >= 4 is 23.0 Å². The lowest BCUT2D eigenvalue weighted by molar-refractivity contribution is -0.384. The lowest BCUT2D eigenvalue weighted by Crippen LogP contribution is -2.38. The highest BCUT2D eigenvalue weighted by Crippen LogP contribution is 2.42. The first kappa shape index (κ1) is 19.9. The summed E-state index contributed by atoms with van der Waals surface area (Å²) in [6, 6.07) is 14.3. The molecule has 2 aromatic rings. The summed E-state index contributed by atoms with van der Waals surface area (Å²) < 4.78 is 0. The minimum absolute atomic E-state index is 0.0329. The molecule has 0 bridgehead atoms.